The molecule has 29 heavy (non-hydrogen) atoms. The van der Waals surface area contributed by atoms with Gasteiger partial charge in [0.05, 0.1) is 43.0 Å². The quantitative estimate of drug-likeness (QED) is 0.798. The van der Waals surface area contributed by atoms with E-state index in [2.05, 4.69) is 72.0 Å². The summed E-state index contributed by atoms with van der Waals surface area (Å²) in [4.78, 5) is 2.32. The molecule has 2 aromatic rings. The van der Waals surface area contributed by atoms with Crippen LogP contribution in [0.4, 0.5) is 5.82 Å². The SMILES string of the molecule is CC(C)(C)c1cc(C2CC(CC(C)(C)c3cc(N4CCOCC4)[nH]n3)CO2)[nH]n1. The molecule has 2 unspecified atom stereocenters. The zero-order valence-corrected chi connectivity index (χ0v) is 18.4. The third-order valence-electron chi connectivity index (χ3n) is 6.20. The second-order valence-electron chi connectivity index (χ2n) is 10.2. The van der Waals surface area contributed by atoms with Crippen LogP contribution in [0.2, 0.25) is 0 Å². The summed E-state index contributed by atoms with van der Waals surface area (Å²) in [7, 11) is 0. The summed E-state index contributed by atoms with van der Waals surface area (Å²) in [5.41, 5.74) is 3.36. The van der Waals surface area contributed by atoms with Gasteiger partial charge in [-0.25, -0.2) is 0 Å². The Hall–Kier alpha value is -1.86. The summed E-state index contributed by atoms with van der Waals surface area (Å²) in [6, 6.07) is 4.38. The number of aromatic amines is 2. The normalized spacial score (nSPS) is 23.7. The van der Waals surface area contributed by atoms with Crippen molar-refractivity contribution in [2.24, 2.45) is 5.92 Å². The average molecular weight is 402 g/mol. The predicted molar refractivity (Wildman–Crippen MR) is 113 cm³/mol. The predicted octanol–water partition coefficient (Wildman–Crippen LogP) is 3.71. The lowest BCUT2D eigenvalue weighted by Crippen LogP contribution is -2.36. The molecule has 4 heterocycles. The van der Waals surface area contributed by atoms with Gasteiger partial charge in [-0.3, -0.25) is 10.2 Å². The van der Waals surface area contributed by atoms with Gasteiger partial charge in [0.2, 0.25) is 0 Å². The summed E-state index contributed by atoms with van der Waals surface area (Å²) < 4.78 is 11.6. The Morgan fingerprint density at radius 1 is 1.03 bits per heavy atom. The van der Waals surface area contributed by atoms with Crippen LogP contribution < -0.4 is 4.90 Å². The van der Waals surface area contributed by atoms with E-state index in [0.717, 1.165) is 68.7 Å². The Morgan fingerprint density at radius 2 is 1.76 bits per heavy atom. The van der Waals surface area contributed by atoms with Crippen molar-refractivity contribution in [3.8, 4) is 0 Å². The van der Waals surface area contributed by atoms with E-state index >= 15 is 0 Å². The number of nitrogens with one attached hydrogen (secondary N) is 2. The lowest BCUT2D eigenvalue weighted by Gasteiger charge is -2.27. The van der Waals surface area contributed by atoms with E-state index in [-0.39, 0.29) is 16.9 Å². The van der Waals surface area contributed by atoms with E-state index in [1.807, 2.05) is 0 Å². The lowest BCUT2D eigenvalue weighted by atomic mass is 9.79. The fourth-order valence-corrected chi connectivity index (χ4v) is 4.39. The molecule has 2 fully saturated rings. The first kappa shape index (κ1) is 20.4. The highest BCUT2D eigenvalue weighted by atomic mass is 16.5. The van der Waals surface area contributed by atoms with Gasteiger partial charge in [-0.1, -0.05) is 34.6 Å². The van der Waals surface area contributed by atoms with Crippen LogP contribution in [-0.4, -0.2) is 53.3 Å². The molecular weight excluding hydrogens is 366 g/mol. The Labute approximate surface area is 173 Å². The number of rotatable bonds is 5. The summed E-state index contributed by atoms with van der Waals surface area (Å²) in [6.45, 7) is 15.3. The molecule has 160 valence electrons. The molecule has 2 aromatic heterocycles. The van der Waals surface area contributed by atoms with Gasteiger partial charge < -0.3 is 14.4 Å². The largest absolute Gasteiger partial charge is 0.378 e. The van der Waals surface area contributed by atoms with Crippen LogP contribution in [0.15, 0.2) is 12.1 Å². The van der Waals surface area contributed by atoms with Crippen LogP contribution in [0.1, 0.15) is 70.6 Å². The summed E-state index contributed by atoms with van der Waals surface area (Å²) in [5, 5.41) is 15.6. The monoisotopic (exact) mass is 401 g/mol. The summed E-state index contributed by atoms with van der Waals surface area (Å²) >= 11 is 0. The molecular formula is C22H35N5O2. The van der Waals surface area contributed by atoms with E-state index in [9.17, 15) is 0 Å². The zero-order chi connectivity index (χ0) is 20.6. The molecule has 2 atom stereocenters. The van der Waals surface area contributed by atoms with Crippen molar-refractivity contribution in [1.29, 1.82) is 0 Å². The van der Waals surface area contributed by atoms with Crippen LogP contribution in [-0.2, 0) is 20.3 Å². The maximum atomic E-state index is 6.14. The number of nitrogens with zero attached hydrogens (tertiary/aromatic N) is 3. The number of anilines is 1. The van der Waals surface area contributed by atoms with Crippen LogP contribution in [0.25, 0.3) is 0 Å². The van der Waals surface area contributed by atoms with Crippen molar-refractivity contribution in [3.05, 3.63) is 29.2 Å². The first-order valence-electron chi connectivity index (χ1n) is 10.8. The second kappa shape index (κ2) is 7.76. The van der Waals surface area contributed by atoms with Crippen molar-refractivity contribution in [3.63, 3.8) is 0 Å². The third-order valence-corrected chi connectivity index (χ3v) is 6.20. The zero-order valence-electron chi connectivity index (χ0n) is 18.4. The number of H-pyrrole nitrogens is 2. The molecule has 7 heteroatoms. The molecule has 2 saturated heterocycles. The van der Waals surface area contributed by atoms with Gasteiger partial charge >= 0.3 is 0 Å². The minimum absolute atomic E-state index is 0.00545. The highest BCUT2D eigenvalue weighted by molar-refractivity contribution is 5.41. The third kappa shape index (κ3) is 4.51. The Balaban J connectivity index is 1.37. The number of morpholine rings is 1. The van der Waals surface area contributed by atoms with E-state index in [1.165, 1.54) is 0 Å². The van der Waals surface area contributed by atoms with E-state index < -0.39 is 0 Å². The van der Waals surface area contributed by atoms with E-state index in [1.54, 1.807) is 0 Å². The molecule has 0 aliphatic carbocycles. The van der Waals surface area contributed by atoms with Gasteiger partial charge in [-0.2, -0.15) is 10.2 Å². The fraction of sp³-hybridized carbons (Fsp3) is 0.727. The second-order valence-corrected chi connectivity index (χ2v) is 10.2. The van der Waals surface area contributed by atoms with Crippen LogP contribution in [0, 0.1) is 5.92 Å². The first-order valence-corrected chi connectivity index (χ1v) is 10.8. The van der Waals surface area contributed by atoms with Crippen molar-refractivity contribution >= 4 is 5.82 Å². The first-order chi connectivity index (χ1) is 13.7. The van der Waals surface area contributed by atoms with E-state index in [0.29, 0.717) is 5.92 Å². The van der Waals surface area contributed by atoms with E-state index in [4.69, 9.17) is 9.47 Å². The van der Waals surface area contributed by atoms with Crippen LogP contribution in [0.3, 0.4) is 0 Å². The Kier molecular flexibility index (Phi) is 5.46. The standard InChI is InChI=1S/C22H35N5O2/c1-21(2,3)18-11-16(23-24-18)17-10-15(14-29-17)13-22(4,5)19-12-20(26-25-19)27-6-8-28-9-7-27/h11-12,15,17H,6-10,13-14H2,1-5H3,(H,23,24)(H,25,26). The van der Waals surface area contributed by atoms with Gasteiger partial charge in [0.25, 0.3) is 0 Å². The highest BCUT2D eigenvalue weighted by Crippen LogP contribution is 2.40. The lowest BCUT2D eigenvalue weighted by molar-refractivity contribution is 0.102. The van der Waals surface area contributed by atoms with Crippen molar-refractivity contribution in [2.75, 3.05) is 37.8 Å². The van der Waals surface area contributed by atoms with Crippen molar-refractivity contribution < 1.29 is 9.47 Å². The topological polar surface area (TPSA) is 79.1 Å². The highest BCUT2D eigenvalue weighted by Gasteiger charge is 2.35. The summed E-state index contributed by atoms with van der Waals surface area (Å²) in [6.07, 6.45) is 2.19. The van der Waals surface area contributed by atoms with Gasteiger partial charge in [-0.15, -0.1) is 0 Å². The molecule has 0 spiro atoms. The minimum atomic E-state index is -0.00545. The molecule has 4 rings (SSSR count). The molecule has 7 nitrogen and oxygen atoms in total. The molecule has 2 N–H and O–H groups in total. The number of ether oxygens (including phenoxy) is 2. The maximum absolute atomic E-state index is 6.14. The molecule has 0 bridgehead atoms. The van der Waals surface area contributed by atoms with Gasteiger partial charge in [-0.05, 0) is 24.8 Å². The maximum Gasteiger partial charge on any atom is 0.124 e. The molecule has 0 radical (unpaired) electrons. The van der Waals surface area contributed by atoms with Gasteiger partial charge in [0.1, 0.15) is 5.82 Å². The van der Waals surface area contributed by atoms with Crippen LogP contribution >= 0.6 is 0 Å². The van der Waals surface area contributed by atoms with Crippen molar-refractivity contribution in [2.45, 2.75) is 64.4 Å². The number of aromatic nitrogens is 4. The number of hydrogen-bond donors (Lipinski definition) is 2. The Morgan fingerprint density at radius 3 is 2.45 bits per heavy atom. The fourth-order valence-electron chi connectivity index (χ4n) is 4.39. The van der Waals surface area contributed by atoms with Gasteiger partial charge in [0, 0.05) is 30.0 Å². The molecule has 0 saturated carbocycles. The molecule has 0 amide bonds. The van der Waals surface area contributed by atoms with Gasteiger partial charge in [0.15, 0.2) is 0 Å². The molecule has 0 aromatic carbocycles. The summed E-state index contributed by atoms with van der Waals surface area (Å²) in [5.74, 6) is 1.61. The van der Waals surface area contributed by atoms with Crippen LogP contribution in [0.5, 0.6) is 0 Å². The average Bonchev–Trinajstić information content (AvgIpc) is 3.41. The molecule has 2 aliphatic rings. The smallest absolute Gasteiger partial charge is 0.124 e. The number of hydrogen-bond acceptors (Lipinski definition) is 5. The van der Waals surface area contributed by atoms with Crippen molar-refractivity contribution in [1.82, 2.24) is 20.4 Å². The minimum Gasteiger partial charge on any atom is -0.378 e. The Bertz CT molecular complexity index is 813. The molecule has 2 aliphatic heterocycles.